The van der Waals surface area contributed by atoms with Crippen LogP contribution in [0.15, 0.2) is 97.1 Å². The van der Waals surface area contributed by atoms with Gasteiger partial charge in [0.25, 0.3) is 0 Å². The van der Waals surface area contributed by atoms with E-state index in [9.17, 15) is 0 Å². The summed E-state index contributed by atoms with van der Waals surface area (Å²) in [7, 11) is 0. The normalized spacial score (nSPS) is 11.2. The molecule has 4 aromatic rings. The number of benzene rings is 4. The molecule has 2 N–H and O–H groups in total. The highest BCUT2D eigenvalue weighted by Crippen LogP contribution is 2.35. The van der Waals surface area contributed by atoms with Gasteiger partial charge in [0.2, 0.25) is 0 Å². The maximum atomic E-state index is 6.71. The summed E-state index contributed by atoms with van der Waals surface area (Å²) < 4.78 is 0. The van der Waals surface area contributed by atoms with E-state index in [0.29, 0.717) is 5.02 Å². The number of hydrogen-bond donors (Lipinski definition) is 2. The Bertz CT molecular complexity index is 1140. The molecule has 0 heterocycles. The predicted molar refractivity (Wildman–Crippen MR) is 135 cm³/mol. The summed E-state index contributed by atoms with van der Waals surface area (Å²) in [6.07, 6.45) is 0. The van der Waals surface area contributed by atoms with E-state index >= 15 is 0 Å². The molecule has 0 fully saturated rings. The molecule has 4 rings (SSSR count). The predicted octanol–water partition coefficient (Wildman–Crippen LogP) is 8.79. The van der Waals surface area contributed by atoms with E-state index in [1.165, 1.54) is 16.7 Å². The van der Waals surface area contributed by atoms with E-state index in [4.69, 9.17) is 11.6 Å². The van der Waals surface area contributed by atoms with Crippen LogP contribution < -0.4 is 10.6 Å². The second-order valence-electron chi connectivity index (χ2n) is 8.69. The van der Waals surface area contributed by atoms with Crippen LogP contribution in [0, 0.1) is 0 Å². The van der Waals surface area contributed by atoms with Gasteiger partial charge < -0.3 is 10.6 Å². The fourth-order valence-corrected chi connectivity index (χ4v) is 3.69. The zero-order valence-corrected chi connectivity index (χ0v) is 18.9. The smallest absolute Gasteiger partial charge is 0.0875 e. The first-order valence-corrected chi connectivity index (χ1v) is 10.9. The molecular formula is C28H27ClN2. The summed E-state index contributed by atoms with van der Waals surface area (Å²) in [5.41, 5.74) is 7.57. The summed E-state index contributed by atoms with van der Waals surface area (Å²) >= 11 is 6.71. The molecule has 0 aliphatic carbocycles. The van der Waals surface area contributed by atoms with Gasteiger partial charge in [-0.1, -0.05) is 93.0 Å². The van der Waals surface area contributed by atoms with Gasteiger partial charge in [0.15, 0.2) is 0 Å². The summed E-state index contributed by atoms with van der Waals surface area (Å²) in [6, 6.07) is 33.2. The Morgan fingerprint density at radius 3 is 1.55 bits per heavy atom. The van der Waals surface area contributed by atoms with Crippen molar-refractivity contribution in [1.29, 1.82) is 0 Å². The van der Waals surface area contributed by atoms with Crippen LogP contribution in [0.2, 0.25) is 5.02 Å². The highest BCUT2D eigenvalue weighted by atomic mass is 35.5. The van der Waals surface area contributed by atoms with Crippen LogP contribution in [0.3, 0.4) is 0 Å². The zero-order valence-electron chi connectivity index (χ0n) is 18.1. The quantitative estimate of drug-likeness (QED) is 0.333. The lowest BCUT2D eigenvalue weighted by Gasteiger charge is -2.19. The molecule has 156 valence electrons. The van der Waals surface area contributed by atoms with Crippen molar-refractivity contribution in [2.45, 2.75) is 26.2 Å². The van der Waals surface area contributed by atoms with Crippen molar-refractivity contribution in [3.8, 4) is 11.1 Å². The van der Waals surface area contributed by atoms with Gasteiger partial charge in [-0.3, -0.25) is 0 Å². The third kappa shape index (κ3) is 5.10. The Kier molecular flexibility index (Phi) is 6.01. The molecule has 31 heavy (non-hydrogen) atoms. The number of halogens is 1. The highest BCUT2D eigenvalue weighted by molar-refractivity contribution is 6.36. The van der Waals surface area contributed by atoms with Crippen LogP contribution in [0.4, 0.5) is 22.7 Å². The van der Waals surface area contributed by atoms with Gasteiger partial charge in [-0.25, -0.2) is 0 Å². The first-order valence-electron chi connectivity index (χ1n) is 10.5. The van der Waals surface area contributed by atoms with Crippen molar-refractivity contribution in [3.05, 3.63) is 108 Å². The number of anilines is 4. The molecule has 0 radical (unpaired) electrons. The fraction of sp³-hybridized carbons (Fsp3) is 0.143. The number of hydrogen-bond acceptors (Lipinski definition) is 2. The van der Waals surface area contributed by atoms with Crippen molar-refractivity contribution in [2.24, 2.45) is 0 Å². The number of nitrogens with one attached hydrogen (secondary N) is 2. The first-order chi connectivity index (χ1) is 14.9. The molecule has 0 amide bonds. The van der Waals surface area contributed by atoms with Gasteiger partial charge in [-0.2, -0.15) is 0 Å². The lowest BCUT2D eigenvalue weighted by atomic mass is 9.87. The zero-order chi connectivity index (χ0) is 21.8. The molecule has 0 saturated heterocycles. The SMILES string of the molecule is CC(C)(C)c1ccc(Nc2cccc(Nc3ccc(-c4ccccc4)cc3)c2Cl)cc1. The summed E-state index contributed by atoms with van der Waals surface area (Å²) in [4.78, 5) is 0. The van der Waals surface area contributed by atoms with E-state index < -0.39 is 0 Å². The average molecular weight is 427 g/mol. The summed E-state index contributed by atoms with van der Waals surface area (Å²) in [6.45, 7) is 6.65. The molecule has 0 bridgehead atoms. The third-order valence-electron chi connectivity index (χ3n) is 5.30. The van der Waals surface area contributed by atoms with Gasteiger partial charge in [-0.05, 0) is 58.5 Å². The molecule has 0 atom stereocenters. The van der Waals surface area contributed by atoms with E-state index in [-0.39, 0.29) is 5.41 Å². The lowest BCUT2D eigenvalue weighted by molar-refractivity contribution is 0.590. The van der Waals surface area contributed by atoms with Gasteiger partial charge >= 0.3 is 0 Å². The molecular weight excluding hydrogens is 400 g/mol. The maximum absolute atomic E-state index is 6.71. The van der Waals surface area contributed by atoms with Crippen LogP contribution >= 0.6 is 11.6 Å². The van der Waals surface area contributed by atoms with E-state index in [1.54, 1.807) is 0 Å². The monoisotopic (exact) mass is 426 g/mol. The van der Waals surface area contributed by atoms with Crippen LogP contribution in [-0.4, -0.2) is 0 Å². The van der Waals surface area contributed by atoms with Gasteiger partial charge in [-0.15, -0.1) is 0 Å². The molecule has 0 spiro atoms. The Morgan fingerprint density at radius 2 is 1.03 bits per heavy atom. The Balaban J connectivity index is 1.50. The summed E-state index contributed by atoms with van der Waals surface area (Å²) in [5.74, 6) is 0. The molecule has 0 aliphatic rings. The minimum Gasteiger partial charge on any atom is -0.354 e. The molecule has 0 aromatic heterocycles. The molecule has 3 heteroatoms. The Labute approximate surface area is 189 Å². The second-order valence-corrected chi connectivity index (χ2v) is 9.07. The minimum absolute atomic E-state index is 0.135. The molecule has 2 nitrogen and oxygen atoms in total. The van der Waals surface area contributed by atoms with Crippen molar-refractivity contribution in [1.82, 2.24) is 0 Å². The van der Waals surface area contributed by atoms with Crippen LogP contribution in [0.5, 0.6) is 0 Å². The second kappa shape index (κ2) is 8.87. The van der Waals surface area contributed by atoms with Crippen LogP contribution in [0.25, 0.3) is 11.1 Å². The number of rotatable bonds is 5. The molecule has 4 aromatic carbocycles. The standard InChI is InChI=1S/C28H27ClN2/c1-28(2,3)22-14-18-24(19-15-22)31-26-11-7-10-25(27(26)29)30-23-16-12-21(13-17-23)20-8-5-4-6-9-20/h4-19,30-31H,1-3H3. The van der Waals surface area contributed by atoms with Crippen molar-refractivity contribution < 1.29 is 0 Å². The van der Waals surface area contributed by atoms with E-state index in [0.717, 1.165) is 22.7 Å². The molecule has 0 aliphatic heterocycles. The van der Waals surface area contributed by atoms with Crippen molar-refractivity contribution >= 4 is 34.4 Å². The maximum Gasteiger partial charge on any atom is 0.0875 e. The third-order valence-corrected chi connectivity index (χ3v) is 5.71. The highest BCUT2D eigenvalue weighted by Gasteiger charge is 2.13. The fourth-order valence-electron chi connectivity index (χ4n) is 3.47. The van der Waals surface area contributed by atoms with Crippen molar-refractivity contribution in [2.75, 3.05) is 10.6 Å². The topological polar surface area (TPSA) is 24.1 Å². The Morgan fingerprint density at radius 1 is 0.548 bits per heavy atom. The minimum atomic E-state index is 0.135. The van der Waals surface area contributed by atoms with E-state index in [1.807, 2.05) is 24.3 Å². The average Bonchev–Trinajstić information content (AvgIpc) is 2.77. The molecule has 0 unspecified atom stereocenters. The van der Waals surface area contributed by atoms with Gasteiger partial charge in [0, 0.05) is 11.4 Å². The Hall–Kier alpha value is -3.23. The van der Waals surface area contributed by atoms with Crippen molar-refractivity contribution in [3.63, 3.8) is 0 Å². The largest absolute Gasteiger partial charge is 0.354 e. The first kappa shape index (κ1) is 21.0. The van der Waals surface area contributed by atoms with Crippen LogP contribution in [0.1, 0.15) is 26.3 Å². The van der Waals surface area contributed by atoms with Gasteiger partial charge in [0.05, 0.1) is 16.4 Å². The molecule has 0 saturated carbocycles. The summed E-state index contributed by atoms with van der Waals surface area (Å²) in [5, 5.41) is 7.53. The van der Waals surface area contributed by atoms with Crippen LogP contribution in [-0.2, 0) is 5.41 Å². The van der Waals surface area contributed by atoms with Gasteiger partial charge in [0.1, 0.15) is 0 Å². The van der Waals surface area contributed by atoms with E-state index in [2.05, 4.69) is 104 Å². The lowest BCUT2D eigenvalue weighted by Crippen LogP contribution is -2.10.